The third kappa shape index (κ3) is 3.14. The fraction of sp³-hybridized carbons (Fsp3) is 1.00. The van der Waals surface area contributed by atoms with Crippen molar-refractivity contribution >= 4 is 0 Å². The summed E-state index contributed by atoms with van der Waals surface area (Å²) in [5.74, 6) is 0. The Bertz CT molecular complexity index is 123. The molecule has 0 heterocycles. The molecule has 1 aliphatic carbocycles. The van der Waals surface area contributed by atoms with E-state index >= 15 is 0 Å². The number of rotatable bonds is 3. The van der Waals surface area contributed by atoms with Gasteiger partial charge in [0.15, 0.2) is 0 Å². The minimum Gasteiger partial charge on any atom is -0.393 e. The lowest BCUT2D eigenvalue weighted by Crippen LogP contribution is -2.21. The maximum absolute atomic E-state index is 9.20. The van der Waals surface area contributed by atoms with Gasteiger partial charge in [0.1, 0.15) is 0 Å². The van der Waals surface area contributed by atoms with Crippen molar-refractivity contribution in [3.8, 4) is 0 Å². The minimum atomic E-state index is -0.108. The molecule has 1 rings (SSSR count). The minimum absolute atomic E-state index is 0.108. The van der Waals surface area contributed by atoms with Gasteiger partial charge in [-0.15, -0.1) is 0 Å². The zero-order valence-corrected chi connectivity index (χ0v) is 8.47. The van der Waals surface area contributed by atoms with E-state index in [0.717, 1.165) is 6.42 Å². The summed E-state index contributed by atoms with van der Waals surface area (Å²) in [6.45, 7) is 4.28. The molecule has 1 nitrogen and oxygen atoms in total. The van der Waals surface area contributed by atoms with E-state index < -0.39 is 0 Å². The standard InChI is InChI=1S/C11H22O/c1-10(12)6-9-11(2)7-4-3-5-8-11/h10,12H,3-9H2,1-2H3/t10-/m0/s1. The number of aliphatic hydroxyl groups is 1. The first-order valence-electron chi connectivity index (χ1n) is 5.30. The lowest BCUT2D eigenvalue weighted by Gasteiger charge is -2.34. The zero-order valence-electron chi connectivity index (χ0n) is 8.47. The average Bonchev–Trinajstić information content (AvgIpc) is 2.03. The highest BCUT2D eigenvalue weighted by molar-refractivity contribution is 4.78. The average molecular weight is 170 g/mol. The van der Waals surface area contributed by atoms with Crippen LogP contribution in [0.3, 0.4) is 0 Å². The summed E-state index contributed by atoms with van der Waals surface area (Å²) in [6, 6.07) is 0. The number of hydrogen-bond donors (Lipinski definition) is 1. The van der Waals surface area contributed by atoms with Crippen LogP contribution in [0.15, 0.2) is 0 Å². The summed E-state index contributed by atoms with van der Waals surface area (Å²) in [5, 5.41) is 9.20. The quantitative estimate of drug-likeness (QED) is 0.690. The van der Waals surface area contributed by atoms with Gasteiger partial charge in [-0.25, -0.2) is 0 Å². The fourth-order valence-corrected chi connectivity index (χ4v) is 2.21. The Kier molecular flexibility index (Phi) is 3.57. The molecule has 0 aromatic carbocycles. The summed E-state index contributed by atoms with van der Waals surface area (Å²) in [5.41, 5.74) is 0.551. The molecule has 1 saturated carbocycles. The van der Waals surface area contributed by atoms with Gasteiger partial charge < -0.3 is 5.11 Å². The van der Waals surface area contributed by atoms with Crippen LogP contribution in [0.25, 0.3) is 0 Å². The van der Waals surface area contributed by atoms with Crippen molar-refractivity contribution in [1.82, 2.24) is 0 Å². The molecule has 72 valence electrons. The molecule has 1 atom stereocenters. The van der Waals surface area contributed by atoms with Gasteiger partial charge in [-0.3, -0.25) is 0 Å². The van der Waals surface area contributed by atoms with E-state index in [2.05, 4.69) is 6.92 Å². The molecule has 0 unspecified atom stereocenters. The van der Waals surface area contributed by atoms with Crippen LogP contribution in [-0.4, -0.2) is 11.2 Å². The molecular weight excluding hydrogens is 148 g/mol. The van der Waals surface area contributed by atoms with Crippen molar-refractivity contribution in [3.63, 3.8) is 0 Å². The van der Waals surface area contributed by atoms with E-state index in [1.54, 1.807) is 0 Å². The van der Waals surface area contributed by atoms with Gasteiger partial charge in [-0.1, -0.05) is 26.2 Å². The molecule has 0 bridgehead atoms. The summed E-state index contributed by atoms with van der Waals surface area (Å²) < 4.78 is 0. The predicted octanol–water partition coefficient (Wildman–Crippen LogP) is 3.12. The van der Waals surface area contributed by atoms with E-state index in [1.165, 1.54) is 38.5 Å². The maximum atomic E-state index is 9.20. The molecule has 0 amide bonds. The van der Waals surface area contributed by atoms with Gasteiger partial charge in [-0.05, 0) is 38.0 Å². The van der Waals surface area contributed by atoms with Crippen LogP contribution in [-0.2, 0) is 0 Å². The molecule has 0 saturated heterocycles. The second kappa shape index (κ2) is 4.27. The van der Waals surface area contributed by atoms with E-state index in [0.29, 0.717) is 5.41 Å². The zero-order chi connectivity index (χ0) is 9.03. The first-order valence-corrected chi connectivity index (χ1v) is 5.30. The summed E-state index contributed by atoms with van der Waals surface area (Å²) >= 11 is 0. The molecule has 0 radical (unpaired) electrons. The van der Waals surface area contributed by atoms with Gasteiger partial charge in [0, 0.05) is 0 Å². The van der Waals surface area contributed by atoms with Crippen molar-refractivity contribution in [3.05, 3.63) is 0 Å². The SMILES string of the molecule is C[C@H](O)CCC1(C)CCCCC1. The molecule has 0 aliphatic heterocycles. The Morgan fingerprint density at radius 2 is 1.83 bits per heavy atom. The molecule has 1 fully saturated rings. The molecule has 0 aromatic rings. The molecule has 1 N–H and O–H groups in total. The van der Waals surface area contributed by atoms with Crippen LogP contribution in [0.5, 0.6) is 0 Å². The lowest BCUT2D eigenvalue weighted by atomic mass is 9.72. The Hall–Kier alpha value is -0.0400. The van der Waals surface area contributed by atoms with Crippen LogP contribution in [0.1, 0.15) is 58.8 Å². The van der Waals surface area contributed by atoms with Crippen molar-refractivity contribution in [2.75, 3.05) is 0 Å². The molecule has 12 heavy (non-hydrogen) atoms. The van der Waals surface area contributed by atoms with Crippen molar-refractivity contribution < 1.29 is 5.11 Å². The maximum Gasteiger partial charge on any atom is 0.0512 e. The molecular formula is C11H22O. The van der Waals surface area contributed by atoms with E-state index in [-0.39, 0.29) is 6.10 Å². The van der Waals surface area contributed by atoms with E-state index in [9.17, 15) is 5.11 Å². The molecule has 0 spiro atoms. The third-order valence-corrected chi connectivity index (χ3v) is 3.23. The van der Waals surface area contributed by atoms with Gasteiger partial charge in [-0.2, -0.15) is 0 Å². The van der Waals surface area contributed by atoms with Crippen LogP contribution < -0.4 is 0 Å². The third-order valence-electron chi connectivity index (χ3n) is 3.23. The summed E-state index contributed by atoms with van der Waals surface area (Å²) in [6.07, 6.45) is 9.06. The molecule has 1 heteroatoms. The van der Waals surface area contributed by atoms with Gasteiger partial charge in [0.2, 0.25) is 0 Å². The van der Waals surface area contributed by atoms with Gasteiger partial charge in [0.25, 0.3) is 0 Å². The first-order chi connectivity index (χ1) is 5.62. The second-order valence-corrected chi connectivity index (χ2v) is 4.76. The second-order valence-electron chi connectivity index (χ2n) is 4.76. The Labute approximate surface area is 76.2 Å². The predicted molar refractivity (Wildman–Crippen MR) is 52.1 cm³/mol. The van der Waals surface area contributed by atoms with Crippen LogP contribution in [0.2, 0.25) is 0 Å². The van der Waals surface area contributed by atoms with Gasteiger partial charge >= 0.3 is 0 Å². The Balaban J connectivity index is 2.26. The van der Waals surface area contributed by atoms with E-state index in [1.807, 2.05) is 6.92 Å². The Morgan fingerprint density at radius 3 is 2.33 bits per heavy atom. The number of aliphatic hydroxyl groups excluding tert-OH is 1. The molecule has 1 aliphatic rings. The van der Waals surface area contributed by atoms with E-state index in [4.69, 9.17) is 0 Å². The highest BCUT2D eigenvalue weighted by Gasteiger charge is 2.26. The van der Waals surface area contributed by atoms with Crippen LogP contribution in [0, 0.1) is 5.41 Å². The first kappa shape index (κ1) is 10.0. The normalized spacial score (nSPS) is 25.2. The van der Waals surface area contributed by atoms with Crippen LogP contribution >= 0.6 is 0 Å². The monoisotopic (exact) mass is 170 g/mol. The lowest BCUT2D eigenvalue weighted by molar-refractivity contribution is 0.131. The van der Waals surface area contributed by atoms with Gasteiger partial charge in [0.05, 0.1) is 6.10 Å². The fourth-order valence-electron chi connectivity index (χ4n) is 2.21. The topological polar surface area (TPSA) is 20.2 Å². The van der Waals surface area contributed by atoms with Crippen molar-refractivity contribution in [2.45, 2.75) is 64.9 Å². The number of hydrogen-bond acceptors (Lipinski definition) is 1. The summed E-state index contributed by atoms with van der Waals surface area (Å²) in [4.78, 5) is 0. The molecule has 0 aromatic heterocycles. The largest absolute Gasteiger partial charge is 0.393 e. The van der Waals surface area contributed by atoms with Crippen LogP contribution in [0.4, 0.5) is 0 Å². The summed E-state index contributed by atoms with van der Waals surface area (Å²) in [7, 11) is 0. The highest BCUT2D eigenvalue weighted by Crippen LogP contribution is 2.39. The van der Waals surface area contributed by atoms with Crippen molar-refractivity contribution in [2.24, 2.45) is 5.41 Å². The Morgan fingerprint density at radius 1 is 1.25 bits per heavy atom. The van der Waals surface area contributed by atoms with Crippen molar-refractivity contribution in [1.29, 1.82) is 0 Å². The highest BCUT2D eigenvalue weighted by atomic mass is 16.3. The smallest absolute Gasteiger partial charge is 0.0512 e.